The van der Waals surface area contributed by atoms with Crippen LogP contribution in [0.2, 0.25) is 5.02 Å². The summed E-state index contributed by atoms with van der Waals surface area (Å²) in [6, 6.07) is 22.7. The summed E-state index contributed by atoms with van der Waals surface area (Å²) in [6.45, 7) is 0. The Balaban J connectivity index is 1.29. The molecule has 42 heavy (non-hydrogen) atoms. The van der Waals surface area contributed by atoms with Gasteiger partial charge < -0.3 is 9.15 Å². The van der Waals surface area contributed by atoms with Gasteiger partial charge in [0.1, 0.15) is 17.3 Å². The lowest BCUT2D eigenvalue weighted by molar-refractivity contribution is -0.0949. The van der Waals surface area contributed by atoms with Crippen molar-refractivity contribution in [3.63, 3.8) is 0 Å². The van der Waals surface area contributed by atoms with Crippen LogP contribution in [0.1, 0.15) is 29.3 Å². The summed E-state index contributed by atoms with van der Waals surface area (Å²) in [5.74, 6) is 0.226. The first-order valence-corrected chi connectivity index (χ1v) is 16.2. The number of sulfonamides is 1. The molecule has 0 saturated carbocycles. The van der Waals surface area contributed by atoms with Gasteiger partial charge in [-0.3, -0.25) is 10.1 Å². The highest BCUT2D eigenvalue weighted by Crippen LogP contribution is 2.53. The Hall–Kier alpha value is -3.55. The van der Waals surface area contributed by atoms with Crippen LogP contribution >= 0.6 is 39.3 Å². The number of furan rings is 1. The molecule has 1 aromatic heterocycles. The van der Waals surface area contributed by atoms with Crippen LogP contribution in [0.25, 0.3) is 17.4 Å². The molecule has 212 valence electrons. The van der Waals surface area contributed by atoms with E-state index in [9.17, 15) is 13.2 Å². The lowest BCUT2D eigenvalue weighted by atomic mass is 9.96. The number of rotatable bonds is 4. The first-order chi connectivity index (χ1) is 20.1. The van der Waals surface area contributed by atoms with Gasteiger partial charge in [0.25, 0.3) is 5.24 Å². The Kier molecular flexibility index (Phi) is 6.51. The number of halogens is 2. The molecule has 0 aliphatic carbocycles. The number of fused-ring (bicyclic) bond motifs is 4. The lowest BCUT2D eigenvalue weighted by Crippen LogP contribution is -2.61. The van der Waals surface area contributed by atoms with Crippen LogP contribution < -0.4 is 15.2 Å². The minimum Gasteiger partial charge on any atom is -0.457 e. The number of hydrazone groups is 1. The van der Waals surface area contributed by atoms with Crippen LogP contribution in [0.5, 0.6) is 5.75 Å². The largest absolute Gasteiger partial charge is 0.457 e. The van der Waals surface area contributed by atoms with E-state index in [1.165, 1.54) is 12.1 Å². The highest BCUT2D eigenvalue weighted by atomic mass is 79.9. The molecule has 3 N–H and O–H groups in total. The number of primary sulfonamides is 1. The number of hydrogen-bond acceptors (Lipinski definition) is 8. The van der Waals surface area contributed by atoms with Gasteiger partial charge in [0, 0.05) is 27.0 Å². The normalized spacial score (nSPS) is 22.1. The second-order valence-electron chi connectivity index (χ2n) is 9.84. The van der Waals surface area contributed by atoms with Crippen molar-refractivity contribution in [2.75, 3.05) is 0 Å². The van der Waals surface area contributed by atoms with Gasteiger partial charge in [-0.25, -0.2) is 18.6 Å². The Bertz CT molecular complexity index is 1930. The van der Waals surface area contributed by atoms with E-state index < -0.39 is 15.9 Å². The molecule has 0 radical (unpaired) electrons. The van der Waals surface area contributed by atoms with Crippen molar-refractivity contribution >= 4 is 66.3 Å². The maximum Gasteiger partial charge on any atom is 0.314 e. The second kappa shape index (κ2) is 10.0. The van der Waals surface area contributed by atoms with Gasteiger partial charge in [-0.05, 0) is 90.1 Å². The molecule has 1 fully saturated rings. The standard InChI is InChI=1S/C29H20BrClN4O5S2/c30-18-5-11-26-22(13-18)24-15-23(16-1-6-19(31)7-2-16)34-35(24)29(40-26)27(41-28(36)33-29)14-20-8-12-25(39-20)17-3-9-21(10-4-17)42(32,37)38/h1-14,24H,15H2,(H,33,36)(H2,32,37,38). The van der Waals surface area contributed by atoms with Crippen LogP contribution in [0.15, 0.2) is 103 Å². The molecule has 1 saturated heterocycles. The number of ether oxygens (including phenoxy) is 1. The number of nitrogens with two attached hydrogens (primary N) is 1. The van der Waals surface area contributed by atoms with Crippen molar-refractivity contribution in [1.82, 2.24) is 10.3 Å². The minimum atomic E-state index is -3.81. The third-order valence-electron chi connectivity index (χ3n) is 7.17. The molecule has 4 aromatic rings. The smallest absolute Gasteiger partial charge is 0.314 e. The zero-order chi connectivity index (χ0) is 29.2. The van der Waals surface area contributed by atoms with Gasteiger partial charge in [0.15, 0.2) is 0 Å². The van der Waals surface area contributed by atoms with Crippen LogP contribution in [0, 0.1) is 0 Å². The van der Waals surface area contributed by atoms with Gasteiger partial charge >= 0.3 is 5.85 Å². The van der Waals surface area contributed by atoms with Crippen LogP contribution in [-0.2, 0) is 10.0 Å². The van der Waals surface area contributed by atoms with E-state index in [0.717, 1.165) is 33.1 Å². The maximum absolute atomic E-state index is 12.9. The van der Waals surface area contributed by atoms with Crippen molar-refractivity contribution in [2.45, 2.75) is 23.2 Å². The fraction of sp³-hybridized carbons (Fsp3) is 0.103. The molecule has 3 aromatic carbocycles. The number of thioether (sulfide) groups is 1. The monoisotopic (exact) mass is 682 g/mol. The highest BCUT2D eigenvalue weighted by Gasteiger charge is 2.58. The Morgan fingerprint density at radius 2 is 1.81 bits per heavy atom. The summed E-state index contributed by atoms with van der Waals surface area (Å²) in [4.78, 5) is 13.5. The number of hydrogen-bond donors (Lipinski definition) is 2. The SMILES string of the molecule is NS(=O)(=O)c1ccc(-c2ccc(C=C3SC(=O)NC34Oc3ccc(Br)cc3C3CC(c5ccc(Cl)cc5)=NN34)o2)cc1. The van der Waals surface area contributed by atoms with E-state index >= 15 is 0 Å². The molecule has 0 bridgehead atoms. The van der Waals surface area contributed by atoms with Crippen molar-refractivity contribution in [3.8, 4) is 17.1 Å². The first kappa shape index (κ1) is 27.3. The molecule has 3 aliphatic heterocycles. The summed E-state index contributed by atoms with van der Waals surface area (Å²) in [6.07, 6.45) is 2.34. The van der Waals surface area contributed by atoms with E-state index in [1.807, 2.05) is 47.5 Å². The minimum absolute atomic E-state index is 0.00878. The predicted molar refractivity (Wildman–Crippen MR) is 164 cm³/mol. The van der Waals surface area contributed by atoms with Gasteiger partial charge in [0.2, 0.25) is 10.0 Å². The van der Waals surface area contributed by atoms with Crippen molar-refractivity contribution in [3.05, 3.63) is 110 Å². The third kappa shape index (κ3) is 4.73. The number of carbonyl (C=O) groups is 1. The number of amides is 1. The number of nitrogens with one attached hydrogen (secondary N) is 1. The summed E-state index contributed by atoms with van der Waals surface area (Å²) < 4.78 is 36.8. The summed E-state index contributed by atoms with van der Waals surface area (Å²) in [5.41, 5.74) is 3.37. The van der Waals surface area contributed by atoms with Gasteiger partial charge in [-0.1, -0.05) is 39.7 Å². The summed E-state index contributed by atoms with van der Waals surface area (Å²) >= 11 is 10.7. The molecule has 2 unspecified atom stereocenters. The summed E-state index contributed by atoms with van der Waals surface area (Å²) in [7, 11) is -3.81. The molecule has 1 spiro atoms. The van der Waals surface area contributed by atoms with E-state index in [1.54, 1.807) is 30.3 Å². The second-order valence-corrected chi connectivity index (χ2v) is 13.8. The highest BCUT2D eigenvalue weighted by molar-refractivity contribution is 9.10. The molecular weight excluding hydrogens is 664 g/mol. The number of benzene rings is 3. The molecule has 7 rings (SSSR count). The van der Waals surface area contributed by atoms with Crippen LogP contribution in [0.4, 0.5) is 4.79 Å². The fourth-order valence-electron chi connectivity index (χ4n) is 5.23. The zero-order valence-electron chi connectivity index (χ0n) is 21.5. The predicted octanol–water partition coefficient (Wildman–Crippen LogP) is 6.70. The zero-order valence-corrected chi connectivity index (χ0v) is 25.4. The van der Waals surface area contributed by atoms with Gasteiger partial charge in [-0.15, -0.1) is 0 Å². The molecule has 13 heteroatoms. The van der Waals surface area contributed by atoms with E-state index in [0.29, 0.717) is 39.2 Å². The summed E-state index contributed by atoms with van der Waals surface area (Å²) in [5, 5.41) is 15.4. The van der Waals surface area contributed by atoms with Crippen molar-refractivity contribution in [2.24, 2.45) is 10.2 Å². The molecule has 9 nitrogen and oxygen atoms in total. The van der Waals surface area contributed by atoms with E-state index in [2.05, 4.69) is 21.2 Å². The van der Waals surface area contributed by atoms with E-state index in [-0.39, 0.29) is 16.2 Å². The topological polar surface area (TPSA) is 127 Å². The number of carbonyl (C=O) groups excluding carboxylic acids is 1. The Morgan fingerprint density at radius 3 is 2.55 bits per heavy atom. The molecule has 3 aliphatic rings. The van der Waals surface area contributed by atoms with Crippen molar-refractivity contribution in [1.29, 1.82) is 0 Å². The average Bonchev–Trinajstić information content (AvgIpc) is 3.68. The van der Waals surface area contributed by atoms with Crippen molar-refractivity contribution < 1.29 is 22.4 Å². The van der Waals surface area contributed by atoms with Crippen LogP contribution in [-0.4, -0.2) is 30.2 Å². The first-order valence-electron chi connectivity index (χ1n) is 12.7. The maximum atomic E-state index is 12.9. The average molecular weight is 684 g/mol. The molecule has 1 amide bonds. The van der Waals surface area contributed by atoms with Crippen LogP contribution in [0.3, 0.4) is 0 Å². The third-order valence-corrected chi connectivity index (χ3v) is 9.75. The Labute approximate surface area is 258 Å². The number of nitrogens with zero attached hydrogens (tertiary/aromatic N) is 2. The van der Waals surface area contributed by atoms with E-state index in [4.69, 9.17) is 31.0 Å². The fourth-order valence-corrected chi connectivity index (χ4v) is 7.14. The molecular formula is C29H20BrClN4O5S2. The molecule has 2 atom stereocenters. The van der Waals surface area contributed by atoms with Gasteiger partial charge in [0.05, 0.1) is 21.6 Å². The molecule has 4 heterocycles. The quantitative estimate of drug-likeness (QED) is 0.245. The Morgan fingerprint density at radius 1 is 1.07 bits per heavy atom. The van der Waals surface area contributed by atoms with Gasteiger partial charge in [-0.2, -0.15) is 5.10 Å². The lowest BCUT2D eigenvalue weighted by Gasteiger charge is -2.45.